The first kappa shape index (κ1) is 15.4. The Labute approximate surface area is 136 Å². The van der Waals surface area contributed by atoms with Gasteiger partial charge in [0, 0.05) is 10.3 Å². The number of ether oxygens (including phenoxy) is 1. The molecular weight excluding hydrogens is 314 g/mol. The number of carbonyl (C=O) groups is 1. The number of fused-ring (bicyclic) bond motifs is 1. The van der Waals surface area contributed by atoms with E-state index in [9.17, 15) is 9.59 Å². The summed E-state index contributed by atoms with van der Waals surface area (Å²) in [6.45, 7) is 7.38. The highest BCUT2D eigenvalue weighted by Gasteiger charge is 2.22. The van der Waals surface area contributed by atoms with Crippen LogP contribution in [0.3, 0.4) is 0 Å². The van der Waals surface area contributed by atoms with Crippen molar-refractivity contribution in [3.05, 3.63) is 55.9 Å². The van der Waals surface area contributed by atoms with Gasteiger partial charge in [0.1, 0.15) is 11.1 Å². The van der Waals surface area contributed by atoms with Crippen LogP contribution in [0.15, 0.2) is 27.4 Å². The van der Waals surface area contributed by atoms with Crippen molar-refractivity contribution in [2.75, 3.05) is 0 Å². The van der Waals surface area contributed by atoms with E-state index in [-0.39, 0.29) is 10.8 Å². The van der Waals surface area contributed by atoms with E-state index in [4.69, 9.17) is 9.15 Å². The van der Waals surface area contributed by atoms with Gasteiger partial charge in [0.25, 0.3) is 5.19 Å². The number of aromatic nitrogens is 1. The summed E-state index contributed by atoms with van der Waals surface area (Å²) in [7, 11) is 0. The molecule has 0 saturated heterocycles. The Morgan fingerprint density at radius 2 is 1.96 bits per heavy atom. The fourth-order valence-corrected chi connectivity index (χ4v) is 3.07. The standard InChI is InChI=1S/C17H15NO4S/c1-8-5-6-13-12(7-8)9(2)14(15(19)21-13)16(20)22-17-18-10(3)11(4)23-17/h5-7H,1-4H3. The number of rotatable bonds is 2. The summed E-state index contributed by atoms with van der Waals surface area (Å²) in [5.41, 5.74) is 2.03. The average molecular weight is 329 g/mol. The third-order valence-corrected chi connectivity index (χ3v) is 4.66. The van der Waals surface area contributed by atoms with Crippen molar-refractivity contribution >= 4 is 28.3 Å². The van der Waals surface area contributed by atoms with Gasteiger partial charge in [0.15, 0.2) is 0 Å². The van der Waals surface area contributed by atoms with Gasteiger partial charge in [-0.1, -0.05) is 23.0 Å². The van der Waals surface area contributed by atoms with E-state index in [0.717, 1.165) is 21.5 Å². The zero-order valence-corrected chi connectivity index (χ0v) is 14.0. The van der Waals surface area contributed by atoms with Crippen LogP contribution >= 0.6 is 11.3 Å². The molecule has 6 heteroatoms. The third kappa shape index (κ3) is 2.77. The molecule has 0 fully saturated rings. The second-order valence-corrected chi connectivity index (χ2v) is 6.57. The minimum Gasteiger partial charge on any atom is -0.422 e. The smallest absolute Gasteiger partial charge is 0.353 e. The molecule has 2 aromatic heterocycles. The van der Waals surface area contributed by atoms with Gasteiger partial charge >= 0.3 is 11.6 Å². The lowest BCUT2D eigenvalue weighted by Gasteiger charge is -2.07. The van der Waals surface area contributed by atoms with Crippen LogP contribution in [0.4, 0.5) is 0 Å². The molecular formula is C17H15NO4S. The summed E-state index contributed by atoms with van der Waals surface area (Å²) < 4.78 is 10.5. The fourth-order valence-electron chi connectivity index (χ4n) is 2.32. The van der Waals surface area contributed by atoms with Gasteiger partial charge in [-0.05, 0) is 45.4 Å². The quantitative estimate of drug-likeness (QED) is 0.529. The lowest BCUT2D eigenvalue weighted by molar-refractivity contribution is 0.0729. The zero-order valence-electron chi connectivity index (χ0n) is 13.2. The molecule has 0 N–H and O–H groups in total. The summed E-state index contributed by atoms with van der Waals surface area (Å²) in [5.74, 6) is -0.742. The van der Waals surface area contributed by atoms with Gasteiger partial charge in [-0.2, -0.15) is 0 Å². The van der Waals surface area contributed by atoms with Crippen LogP contribution in [0.2, 0.25) is 0 Å². The van der Waals surface area contributed by atoms with Crippen molar-refractivity contribution in [2.24, 2.45) is 0 Å². The summed E-state index contributed by atoms with van der Waals surface area (Å²) in [5, 5.41) is 0.955. The molecule has 1 aromatic carbocycles. The molecule has 0 spiro atoms. The van der Waals surface area contributed by atoms with Crippen LogP contribution in [-0.4, -0.2) is 11.0 Å². The van der Waals surface area contributed by atoms with Gasteiger partial charge in [-0.25, -0.2) is 14.6 Å². The second-order valence-electron chi connectivity index (χ2n) is 5.40. The van der Waals surface area contributed by atoms with Crippen LogP contribution < -0.4 is 10.4 Å². The van der Waals surface area contributed by atoms with Crippen LogP contribution in [0.25, 0.3) is 11.0 Å². The molecule has 0 saturated carbocycles. The topological polar surface area (TPSA) is 69.4 Å². The molecule has 0 amide bonds. The first-order chi connectivity index (χ1) is 10.9. The maximum Gasteiger partial charge on any atom is 0.353 e. The minimum atomic E-state index is -0.742. The van der Waals surface area contributed by atoms with Crippen molar-refractivity contribution in [1.82, 2.24) is 4.98 Å². The van der Waals surface area contributed by atoms with E-state index in [1.807, 2.05) is 32.9 Å². The second kappa shape index (κ2) is 5.62. The number of hydrogen-bond donors (Lipinski definition) is 0. The molecule has 0 unspecified atom stereocenters. The molecule has 0 radical (unpaired) electrons. The largest absolute Gasteiger partial charge is 0.422 e. The maximum atomic E-state index is 12.4. The molecule has 0 bridgehead atoms. The minimum absolute atomic E-state index is 0.0893. The number of nitrogens with zero attached hydrogens (tertiary/aromatic N) is 1. The highest BCUT2D eigenvalue weighted by atomic mass is 32.1. The maximum absolute atomic E-state index is 12.4. The Morgan fingerprint density at radius 1 is 1.22 bits per heavy atom. The van der Waals surface area contributed by atoms with Crippen molar-refractivity contribution in [2.45, 2.75) is 27.7 Å². The molecule has 3 rings (SSSR count). The fraction of sp³-hybridized carbons (Fsp3) is 0.235. The van der Waals surface area contributed by atoms with Crippen molar-refractivity contribution in [1.29, 1.82) is 0 Å². The van der Waals surface area contributed by atoms with Crippen LogP contribution in [-0.2, 0) is 0 Å². The lowest BCUT2D eigenvalue weighted by Crippen LogP contribution is -2.21. The molecule has 23 heavy (non-hydrogen) atoms. The molecule has 0 atom stereocenters. The average Bonchev–Trinajstić information content (AvgIpc) is 2.78. The highest BCUT2D eigenvalue weighted by Crippen LogP contribution is 2.25. The molecule has 0 aliphatic carbocycles. The summed E-state index contributed by atoms with van der Waals surface area (Å²) in [4.78, 5) is 29.7. The molecule has 2 heterocycles. The first-order valence-corrected chi connectivity index (χ1v) is 7.88. The predicted molar refractivity (Wildman–Crippen MR) is 88.5 cm³/mol. The van der Waals surface area contributed by atoms with Gasteiger partial charge in [-0.15, -0.1) is 0 Å². The number of thiazole rings is 1. The zero-order chi connectivity index (χ0) is 16.7. The summed E-state index contributed by atoms with van der Waals surface area (Å²) in [6, 6.07) is 5.45. The van der Waals surface area contributed by atoms with Crippen molar-refractivity contribution in [3.63, 3.8) is 0 Å². The highest BCUT2D eigenvalue weighted by molar-refractivity contribution is 7.13. The van der Waals surface area contributed by atoms with Gasteiger partial charge in [0.05, 0.1) is 5.69 Å². The number of carbonyl (C=O) groups excluding carboxylic acids is 1. The third-order valence-electron chi connectivity index (χ3n) is 3.71. The molecule has 3 aromatic rings. The monoisotopic (exact) mass is 329 g/mol. The van der Waals surface area contributed by atoms with Crippen LogP contribution in [0.1, 0.15) is 32.1 Å². The Morgan fingerprint density at radius 3 is 2.61 bits per heavy atom. The van der Waals surface area contributed by atoms with Crippen LogP contribution in [0, 0.1) is 27.7 Å². The number of esters is 1. The number of aryl methyl sites for hydroxylation is 4. The first-order valence-electron chi connectivity index (χ1n) is 7.07. The Bertz CT molecular complexity index is 965. The van der Waals surface area contributed by atoms with Crippen molar-refractivity contribution in [3.8, 4) is 5.19 Å². The van der Waals surface area contributed by atoms with Gasteiger partial charge in [-0.3, -0.25) is 0 Å². The van der Waals surface area contributed by atoms with Gasteiger partial charge in [0.2, 0.25) is 0 Å². The SMILES string of the molecule is Cc1ccc2oc(=O)c(C(=O)Oc3nc(C)c(C)s3)c(C)c2c1. The predicted octanol–water partition coefficient (Wildman–Crippen LogP) is 3.70. The van der Waals surface area contributed by atoms with E-state index in [0.29, 0.717) is 11.1 Å². The Kier molecular flexibility index (Phi) is 3.77. The summed E-state index contributed by atoms with van der Waals surface area (Å²) in [6.07, 6.45) is 0. The van der Waals surface area contributed by atoms with E-state index in [1.165, 1.54) is 11.3 Å². The Hall–Kier alpha value is -2.47. The lowest BCUT2D eigenvalue weighted by atomic mass is 10.0. The molecule has 0 aliphatic rings. The van der Waals surface area contributed by atoms with Crippen LogP contribution in [0.5, 0.6) is 5.19 Å². The number of hydrogen-bond acceptors (Lipinski definition) is 6. The normalized spacial score (nSPS) is 11.0. The van der Waals surface area contributed by atoms with E-state index in [1.54, 1.807) is 13.0 Å². The summed E-state index contributed by atoms with van der Waals surface area (Å²) >= 11 is 1.27. The molecule has 118 valence electrons. The van der Waals surface area contributed by atoms with E-state index in [2.05, 4.69) is 4.98 Å². The molecule has 0 aliphatic heterocycles. The number of benzene rings is 1. The molecule has 5 nitrogen and oxygen atoms in total. The Balaban J connectivity index is 2.08. The van der Waals surface area contributed by atoms with Crippen molar-refractivity contribution < 1.29 is 13.9 Å². The van der Waals surface area contributed by atoms with E-state index < -0.39 is 11.6 Å². The van der Waals surface area contributed by atoms with Gasteiger partial charge < -0.3 is 9.15 Å². The van der Waals surface area contributed by atoms with E-state index >= 15 is 0 Å².